The average molecular weight is 675 g/mol. The summed E-state index contributed by atoms with van der Waals surface area (Å²) in [6.07, 6.45) is -1.18. The summed E-state index contributed by atoms with van der Waals surface area (Å²) in [6.45, 7) is 2.25. The number of carbonyl (C=O) groups excluding carboxylic acids is 7. The van der Waals surface area contributed by atoms with E-state index in [0.717, 1.165) is 11.8 Å². The van der Waals surface area contributed by atoms with E-state index in [1.54, 1.807) is 13.8 Å². The smallest absolute Gasteiger partial charge is 0.328 e. The number of nitrogens with zero attached hydrogens (tertiary/aromatic N) is 1. The van der Waals surface area contributed by atoms with E-state index in [4.69, 9.17) is 16.6 Å². The third kappa shape index (κ3) is 12.4. The molecule has 20 nitrogen and oxygen atoms in total. The second-order valence-corrected chi connectivity index (χ2v) is 11.2. The van der Waals surface area contributed by atoms with Crippen LogP contribution in [0.25, 0.3) is 0 Å². The molecule has 8 atom stereocenters. The molecule has 1 aliphatic rings. The van der Waals surface area contributed by atoms with Gasteiger partial charge >= 0.3 is 5.97 Å². The second kappa shape index (κ2) is 19.3. The number of primary amides is 1. The summed E-state index contributed by atoms with van der Waals surface area (Å²) >= 11 is 0. The Hall–Kier alpha value is -4.40. The van der Waals surface area contributed by atoms with Gasteiger partial charge in [0.05, 0.1) is 32.3 Å². The highest BCUT2D eigenvalue weighted by Crippen LogP contribution is 2.19. The number of aliphatic carboxylic acids is 1. The third-order valence-corrected chi connectivity index (χ3v) is 7.49. The Balaban J connectivity index is 2.99. The highest BCUT2D eigenvalue weighted by Gasteiger charge is 2.38. The molecular formula is C27H46N8O12. The molecule has 1 aliphatic heterocycles. The van der Waals surface area contributed by atoms with Crippen LogP contribution in [-0.4, -0.2) is 141 Å². The maximum atomic E-state index is 13.1. The number of nitrogens with two attached hydrogens (primary N) is 2. The molecule has 20 heteroatoms. The summed E-state index contributed by atoms with van der Waals surface area (Å²) in [5.74, 6) is -8.50. The molecule has 0 saturated carbocycles. The van der Waals surface area contributed by atoms with E-state index in [-0.39, 0.29) is 13.0 Å². The molecule has 0 radical (unpaired) electrons. The van der Waals surface area contributed by atoms with Gasteiger partial charge in [0.1, 0.15) is 30.2 Å². The van der Waals surface area contributed by atoms with Crippen molar-refractivity contribution in [2.24, 2.45) is 17.4 Å². The molecule has 1 fully saturated rings. The van der Waals surface area contributed by atoms with Crippen LogP contribution in [0.1, 0.15) is 46.5 Å². The normalized spacial score (nSPS) is 18.7. The van der Waals surface area contributed by atoms with Crippen molar-refractivity contribution in [3.8, 4) is 0 Å². The molecule has 0 aromatic heterocycles. The zero-order valence-electron chi connectivity index (χ0n) is 26.4. The maximum absolute atomic E-state index is 13.1. The van der Waals surface area contributed by atoms with Gasteiger partial charge in [0.15, 0.2) is 6.04 Å². The van der Waals surface area contributed by atoms with Gasteiger partial charge in [-0.3, -0.25) is 33.6 Å². The molecule has 1 rings (SSSR count). The van der Waals surface area contributed by atoms with Crippen molar-refractivity contribution in [2.45, 2.75) is 88.8 Å². The SMILES string of the molecule is CC[C@H](C)[C@H](NC(=O)[C@H](CO)NC(=O)[C@H](CC(N)=O)NC(=O)[C@@H]1CCCN1C(=O)[C@@H](N)CO)C(=O)NCC(=O)N[C@H](C(=O)O)[C@@H](C)O. The molecule has 0 aromatic rings. The number of hydrogen-bond acceptors (Lipinski definition) is 12. The molecule has 0 aliphatic carbocycles. The lowest BCUT2D eigenvalue weighted by atomic mass is 9.98. The van der Waals surface area contributed by atoms with Gasteiger partial charge in [0, 0.05) is 6.54 Å². The monoisotopic (exact) mass is 674 g/mol. The number of rotatable bonds is 19. The molecule has 1 saturated heterocycles. The molecule has 0 bridgehead atoms. The highest BCUT2D eigenvalue weighted by molar-refractivity contribution is 5.98. The zero-order chi connectivity index (χ0) is 36.0. The standard InChI is InChI=1S/C27H46N8O12/c1-4-12(2)20(25(44)30-9-19(40)33-21(13(3)38)27(46)47)34-23(42)16(11-37)32-22(41)15(8-18(29)39)31-24(43)17-6-5-7-35(17)26(45)14(28)10-36/h12-17,20-21,36-38H,4-11,28H2,1-3H3,(H2,29,39)(H,30,44)(H,31,43)(H,32,41)(H,33,40)(H,34,42)(H,46,47)/t12-,13+,14-,15-,16-,17-,20-,21-/m0/s1. The minimum Gasteiger partial charge on any atom is -0.480 e. The molecule has 1 heterocycles. The summed E-state index contributed by atoms with van der Waals surface area (Å²) in [5.41, 5.74) is 10.8. The fourth-order valence-corrected chi connectivity index (χ4v) is 4.59. The largest absolute Gasteiger partial charge is 0.480 e. The van der Waals surface area contributed by atoms with Gasteiger partial charge in [-0.05, 0) is 25.7 Å². The van der Waals surface area contributed by atoms with Crippen molar-refractivity contribution in [2.75, 3.05) is 26.3 Å². The van der Waals surface area contributed by atoms with Gasteiger partial charge in [0.25, 0.3) is 0 Å². The summed E-state index contributed by atoms with van der Waals surface area (Å²) in [6, 6.07) is -8.59. The van der Waals surface area contributed by atoms with Crippen LogP contribution >= 0.6 is 0 Å². The van der Waals surface area contributed by atoms with E-state index < -0.39 is 122 Å². The highest BCUT2D eigenvalue weighted by atomic mass is 16.4. The topological polar surface area (TPSA) is 333 Å². The van der Waals surface area contributed by atoms with Gasteiger partial charge in [-0.25, -0.2) is 4.79 Å². The van der Waals surface area contributed by atoms with Gasteiger partial charge in [-0.2, -0.15) is 0 Å². The zero-order valence-corrected chi connectivity index (χ0v) is 26.4. The minimum absolute atomic E-state index is 0.157. The summed E-state index contributed by atoms with van der Waals surface area (Å²) in [5, 5.41) is 48.9. The van der Waals surface area contributed by atoms with Crippen molar-refractivity contribution < 1.29 is 58.8 Å². The Labute approximate surface area is 270 Å². The predicted octanol–water partition coefficient (Wildman–Crippen LogP) is -6.27. The van der Waals surface area contributed by atoms with Crippen molar-refractivity contribution >= 4 is 47.3 Å². The van der Waals surface area contributed by atoms with Crippen molar-refractivity contribution in [3.63, 3.8) is 0 Å². The third-order valence-electron chi connectivity index (χ3n) is 7.49. The molecular weight excluding hydrogens is 628 g/mol. The van der Waals surface area contributed by atoms with E-state index in [1.807, 2.05) is 5.32 Å². The van der Waals surface area contributed by atoms with Crippen LogP contribution in [0.5, 0.6) is 0 Å². The number of aliphatic hydroxyl groups excluding tert-OH is 3. The lowest BCUT2D eigenvalue weighted by Gasteiger charge is -2.28. The van der Waals surface area contributed by atoms with E-state index >= 15 is 0 Å². The molecule has 0 spiro atoms. The van der Waals surface area contributed by atoms with Crippen LogP contribution in [-0.2, 0) is 38.4 Å². The summed E-state index contributed by atoms with van der Waals surface area (Å²) in [4.78, 5) is 101. The minimum atomic E-state index is -1.69. The van der Waals surface area contributed by atoms with Crippen LogP contribution < -0.4 is 38.1 Å². The molecule has 0 aromatic carbocycles. The summed E-state index contributed by atoms with van der Waals surface area (Å²) < 4.78 is 0. The van der Waals surface area contributed by atoms with Crippen LogP contribution in [0.2, 0.25) is 0 Å². The number of nitrogens with one attached hydrogen (secondary N) is 5. The van der Waals surface area contributed by atoms with E-state index in [1.165, 1.54) is 0 Å². The molecule has 47 heavy (non-hydrogen) atoms. The number of aliphatic hydroxyl groups is 3. The number of carbonyl (C=O) groups is 8. The van der Waals surface area contributed by atoms with E-state index in [9.17, 15) is 53.7 Å². The fourth-order valence-electron chi connectivity index (χ4n) is 4.59. The van der Waals surface area contributed by atoms with Crippen molar-refractivity contribution in [1.82, 2.24) is 31.5 Å². The Bertz CT molecular complexity index is 1170. The first kappa shape index (κ1) is 40.6. The van der Waals surface area contributed by atoms with Crippen LogP contribution in [0.15, 0.2) is 0 Å². The van der Waals surface area contributed by atoms with Crippen LogP contribution in [0.3, 0.4) is 0 Å². The van der Waals surface area contributed by atoms with E-state index in [2.05, 4.69) is 21.3 Å². The Kier molecular flexibility index (Phi) is 16.7. The number of amides is 7. The number of likely N-dealkylation sites (tertiary alicyclic amines) is 1. The lowest BCUT2D eigenvalue weighted by Crippen LogP contribution is -2.60. The Morgan fingerprint density at radius 1 is 0.872 bits per heavy atom. The van der Waals surface area contributed by atoms with E-state index in [0.29, 0.717) is 12.8 Å². The maximum Gasteiger partial charge on any atom is 0.328 e. The van der Waals surface area contributed by atoms with Gasteiger partial charge in [-0.15, -0.1) is 0 Å². The molecule has 266 valence electrons. The lowest BCUT2D eigenvalue weighted by molar-refractivity contribution is -0.144. The van der Waals surface area contributed by atoms with Crippen molar-refractivity contribution in [3.05, 3.63) is 0 Å². The van der Waals surface area contributed by atoms with Gasteiger partial charge < -0.3 is 63.4 Å². The first-order valence-electron chi connectivity index (χ1n) is 14.9. The molecule has 0 unspecified atom stereocenters. The summed E-state index contributed by atoms with van der Waals surface area (Å²) in [7, 11) is 0. The predicted molar refractivity (Wildman–Crippen MR) is 160 cm³/mol. The number of hydrogen-bond donors (Lipinski definition) is 11. The van der Waals surface area contributed by atoms with Crippen LogP contribution in [0.4, 0.5) is 0 Å². The number of carboxylic acids is 1. The van der Waals surface area contributed by atoms with Gasteiger partial charge in [0.2, 0.25) is 41.4 Å². The van der Waals surface area contributed by atoms with Gasteiger partial charge in [-0.1, -0.05) is 20.3 Å². The first-order chi connectivity index (χ1) is 22.0. The Morgan fingerprint density at radius 2 is 1.49 bits per heavy atom. The average Bonchev–Trinajstić information content (AvgIpc) is 3.51. The fraction of sp³-hybridized carbons (Fsp3) is 0.704. The second-order valence-electron chi connectivity index (χ2n) is 11.2. The first-order valence-corrected chi connectivity index (χ1v) is 14.9. The Morgan fingerprint density at radius 3 is 2.00 bits per heavy atom. The number of carboxylic acid groups (broad SMARTS) is 1. The quantitative estimate of drug-likeness (QED) is 0.0608. The van der Waals surface area contributed by atoms with Crippen molar-refractivity contribution in [1.29, 1.82) is 0 Å². The van der Waals surface area contributed by atoms with Crippen LogP contribution in [0, 0.1) is 5.92 Å². The molecule has 7 amide bonds. The molecule has 13 N–H and O–H groups in total.